The third-order valence-corrected chi connectivity index (χ3v) is 3.48. The van der Waals surface area contributed by atoms with E-state index < -0.39 is 0 Å². The summed E-state index contributed by atoms with van der Waals surface area (Å²) < 4.78 is 5.71. The Balaban J connectivity index is 1.99. The summed E-state index contributed by atoms with van der Waals surface area (Å²) in [6, 6.07) is 15.0. The molecule has 0 spiro atoms. The Morgan fingerprint density at radius 1 is 1.00 bits per heavy atom. The molecule has 0 aliphatic carbocycles. The van der Waals surface area contributed by atoms with Gasteiger partial charge in [-0.3, -0.25) is 0 Å². The maximum Gasteiger partial charge on any atom is 0.120 e. The van der Waals surface area contributed by atoms with Crippen molar-refractivity contribution < 1.29 is 4.74 Å². The van der Waals surface area contributed by atoms with Crippen LogP contribution in [-0.2, 0) is 13.0 Å². The lowest BCUT2D eigenvalue weighted by molar-refractivity contribution is 0.242. The van der Waals surface area contributed by atoms with Crippen LogP contribution in [0.5, 0.6) is 5.75 Å². The van der Waals surface area contributed by atoms with Crippen molar-refractivity contribution in [2.24, 2.45) is 0 Å². The first-order chi connectivity index (χ1) is 10.1. The summed E-state index contributed by atoms with van der Waals surface area (Å²) in [5, 5.41) is 3.49. The Labute approximate surface area is 128 Å². The molecule has 21 heavy (non-hydrogen) atoms. The van der Waals surface area contributed by atoms with Gasteiger partial charge in [0.25, 0.3) is 0 Å². The second-order valence-corrected chi connectivity index (χ2v) is 5.67. The van der Waals surface area contributed by atoms with E-state index in [1.54, 1.807) is 0 Å². The Kier molecular flexibility index (Phi) is 5.26. The number of ether oxygens (including phenoxy) is 1. The highest BCUT2D eigenvalue weighted by Crippen LogP contribution is 2.22. The van der Waals surface area contributed by atoms with Crippen molar-refractivity contribution in [1.82, 2.24) is 0 Å². The summed E-state index contributed by atoms with van der Waals surface area (Å²) in [4.78, 5) is 0. The Morgan fingerprint density at radius 2 is 1.67 bits per heavy atom. The molecule has 2 nitrogen and oxygen atoms in total. The van der Waals surface area contributed by atoms with Gasteiger partial charge in [0.1, 0.15) is 5.75 Å². The topological polar surface area (TPSA) is 21.3 Å². The summed E-state index contributed by atoms with van der Waals surface area (Å²) >= 11 is 0. The predicted octanol–water partition coefficient (Wildman–Crippen LogP) is 4.96. The van der Waals surface area contributed by atoms with Gasteiger partial charge in [-0.15, -0.1) is 0 Å². The van der Waals surface area contributed by atoms with Gasteiger partial charge in [-0.05, 0) is 62.1 Å². The number of nitrogens with one attached hydrogen (secondary N) is 1. The maximum atomic E-state index is 5.71. The zero-order valence-corrected chi connectivity index (χ0v) is 13.4. The molecular formula is C19H25NO. The molecule has 2 rings (SSSR count). The van der Waals surface area contributed by atoms with E-state index in [0.29, 0.717) is 0 Å². The molecule has 2 aromatic rings. The van der Waals surface area contributed by atoms with Gasteiger partial charge in [-0.2, -0.15) is 0 Å². The molecule has 0 aliphatic heterocycles. The highest BCUT2D eigenvalue weighted by Gasteiger charge is 2.03. The van der Waals surface area contributed by atoms with Crippen LogP contribution in [0.3, 0.4) is 0 Å². The molecule has 0 saturated heterocycles. The molecule has 0 unspecified atom stereocenters. The minimum atomic E-state index is 0.209. The molecule has 0 fully saturated rings. The summed E-state index contributed by atoms with van der Waals surface area (Å²) in [7, 11) is 0. The van der Waals surface area contributed by atoms with Gasteiger partial charge in [0.15, 0.2) is 0 Å². The molecular weight excluding hydrogens is 258 g/mol. The van der Waals surface area contributed by atoms with Crippen molar-refractivity contribution in [2.45, 2.75) is 46.8 Å². The van der Waals surface area contributed by atoms with Crippen LogP contribution in [0, 0.1) is 6.92 Å². The highest BCUT2D eigenvalue weighted by molar-refractivity contribution is 5.53. The second-order valence-electron chi connectivity index (χ2n) is 5.67. The first-order valence-corrected chi connectivity index (χ1v) is 7.67. The number of anilines is 1. The molecule has 0 atom stereocenters. The van der Waals surface area contributed by atoms with E-state index in [4.69, 9.17) is 4.74 Å². The molecule has 1 N–H and O–H groups in total. The molecule has 0 saturated carbocycles. The fraction of sp³-hybridized carbons (Fsp3) is 0.368. The Bertz CT molecular complexity index is 573. The highest BCUT2D eigenvalue weighted by atomic mass is 16.5. The minimum Gasteiger partial charge on any atom is -0.491 e. The zero-order chi connectivity index (χ0) is 15.2. The summed E-state index contributed by atoms with van der Waals surface area (Å²) in [5.74, 6) is 0.931. The van der Waals surface area contributed by atoms with E-state index in [9.17, 15) is 0 Å². The largest absolute Gasteiger partial charge is 0.491 e. The van der Waals surface area contributed by atoms with Crippen LogP contribution < -0.4 is 10.1 Å². The van der Waals surface area contributed by atoms with E-state index in [0.717, 1.165) is 24.4 Å². The molecule has 2 heteroatoms. The first-order valence-electron chi connectivity index (χ1n) is 7.67. The molecule has 2 aromatic carbocycles. The van der Waals surface area contributed by atoms with Gasteiger partial charge in [0.05, 0.1) is 6.10 Å². The Morgan fingerprint density at radius 3 is 2.24 bits per heavy atom. The molecule has 0 bridgehead atoms. The van der Waals surface area contributed by atoms with Gasteiger partial charge in [-0.1, -0.05) is 31.2 Å². The zero-order valence-electron chi connectivity index (χ0n) is 13.4. The van der Waals surface area contributed by atoms with Gasteiger partial charge < -0.3 is 10.1 Å². The third-order valence-electron chi connectivity index (χ3n) is 3.48. The molecule has 0 amide bonds. The quantitative estimate of drug-likeness (QED) is 0.809. The third kappa shape index (κ3) is 4.52. The van der Waals surface area contributed by atoms with E-state index in [1.807, 2.05) is 19.9 Å². The molecule has 112 valence electrons. The smallest absolute Gasteiger partial charge is 0.120 e. The van der Waals surface area contributed by atoms with Gasteiger partial charge >= 0.3 is 0 Å². The number of hydrogen-bond acceptors (Lipinski definition) is 2. The minimum absolute atomic E-state index is 0.209. The monoisotopic (exact) mass is 283 g/mol. The SMILES string of the molecule is CCc1ccc(CNc2ccc(OC(C)C)cc2C)cc1. The number of hydrogen-bond donors (Lipinski definition) is 1. The predicted molar refractivity (Wildman–Crippen MR) is 90.1 cm³/mol. The lowest BCUT2D eigenvalue weighted by atomic mass is 10.1. The summed E-state index contributed by atoms with van der Waals surface area (Å²) in [6.07, 6.45) is 1.30. The second kappa shape index (κ2) is 7.16. The van der Waals surface area contributed by atoms with Crippen molar-refractivity contribution in [1.29, 1.82) is 0 Å². The average molecular weight is 283 g/mol. The van der Waals surface area contributed by atoms with Crippen LogP contribution in [-0.4, -0.2) is 6.10 Å². The molecule has 0 aromatic heterocycles. The van der Waals surface area contributed by atoms with Crippen molar-refractivity contribution in [3.05, 3.63) is 59.2 Å². The molecule has 0 aliphatic rings. The van der Waals surface area contributed by atoms with Gasteiger partial charge in [0.2, 0.25) is 0 Å². The van der Waals surface area contributed by atoms with Crippen molar-refractivity contribution in [3.63, 3.8) is 0 Å². The van der Waals surface area contributed by atoms with Crippen molar-refractivity contribution in [2.75, 3.05) is 5.32 Å². The van der Waals surface area contributed by atoms with Crippen LogP contribution in [0.2, 0.25) is 0 Å². The lowest BCUT2D eigenvalue weighted by Gasteiger charge is -2.14. The van der Waals surface area contributed by atoms with E-state index in [-0.39, 0.29) is 6.10 Å². The van der Waals surface area contributed by atoms with E-state index in [1.165, 1.54) is 16.7 Å². The number of aryl methyl sites for hydroxylation is 2. The number of rotatable bonds is 6. The molecule has 0 heterocycles. The maximum absolute atomic E-state index is 5.71. The van der Waals surface area contributed by atoms with E-state index >= 15 is 0 Å². The summed E-state index contributed by atoms with van der Waals surface area (Å²) in [6.45, 7) is 9.21. The summed E-state index contributed by atoms with van der Waals surface area (Å²) in [5.41, 5.74) is 5.04. The van der Waals surface area contributed by atoms with Crippen LogP contribution >= 0.6 is 0 Å². The van der Waals surface area contributed by atoms with Gasteiger partial charge in [-0.25, -0.2) is 0 Å². The fourth-order valence-electron chi connectivity index (χ4n) is 2.27. The fourth-order valence-corrected chi connectivity index (χ4v) is 2.27. The lowest BCUT2D eigenvalue weighted by Crippen LogP contribution is -2.06. The van der Waals surface area contributed by atoms with E-state index in [2.05, 4.69) is 55.6 Å². The standard InChI is InChI=1S/C19H25NO/c1-5-16-6-8-17(9-7-16)13-20-19-11-10-18(12-15(19)4)21-14(2)3/h6-12,14,20H,5,13H2,1-4H3. The molecule has 0 radical (unpaired) electrons. The Hall–Kier alpha value is -1.96. The van der Waals surface area contributed by atoms with Crippen LogP contribution in [0.15, 0.2) is 42.5 Å². The average Bonchev–Trinajstić information content (AvgIpc) is 2.46. The number of benzene rings is 2. The van der Waals surface area contributed by atoms with Crippen LogP contribution in [0.25, 0.3) is 0 Å². The normalized spacial score (nSPS) is 10.7. The van der Waals surface area contributed by atoms with Crippen LogP contribution in [0.4, 0.5) is 5.69 Å². The first kappa shape index (κ1) is 15.4. The van der Waals surface area contributed by atoms with Gasteiger partial charge in [0, 0.05) is 12.2 Å². The van der Waals surface area contributed by atoms with Crippen LogP contribution in [0.1, 0.15) is 37.5 Å². The van der Waals surface area contributed by atoms with Crippen molar-refractivity contribution in [3.8, 4) is 5.75 Å². The van der Waals surface area contributed by atoms with Crippen molar-refractivity contribution >= 4 is 5.69 Å².